The Bertz CT molecular complexity index is 681. The molecule has 0 radical (unpaired) electrons. The summed E-state index contributed by atoms with van der Waals surface area (Å²) < 4.78 is 1.46. The van der Waals surface area contributed by atoms with Crippen molar-refractivity contribution in [3.63, 3.8) is 0 Å². The predicted molar refractivity (Wildman–Crippen MR) is 75.3 cm³/mol. The van der Waals surface area contributed by atoms with Gasteiger partial charge in [0, 0.05) is 4.90 Å². The number of hydrogen-bond acceptors (Lipinski definition) is 3. The van der Waals surface area contributed by atoms with Gasteiger partial charge in [0.15, 0.2) is 0 Å². The van der Waals surface area contributed by atoms with E-state index in [9.17, 15) is 9.59 Å². The molecule has 4 heteroatoms. The summed E-state index contributed by atoms with van der Waals surface area (Å²) in [5, 5.41) is 0. The fourth-order valence-electron chi connectivity index (χ4n) is 2.03. The van der Waals surface area contributed by atoms with Crippen LogP contribution in [0.4, 0.5) is 5.69 Å². The first-order valence-corrected chi connectivity index (χ1v) is 6.66. The maximum absolute atomic E-state index is 12.0. The molecule has 1 heterocycles. The molecule has 1 aliphatic rings. The summed E-state index contributed by atoms with van der Waals surface area (Å²) in [6.07, 6.45) is 0. The SMILES string of the molecule is Cc1cccc(SN2C(=O)C(=O)c3ccccc32)c1. The molecule has 1 aliphatic heterocycles. The molecule has 0 atom stereocenters. The second kappa shape index (κ2) is 4.55. The second-order valence-electron chi connectivity index (χ2n) is 4.35. The van der Waals surface area contributed by atoms with Crippen LogP contribution in [0.15, 0.2) is 53.4 Å². The molecule has 2 aromatic rings. The fraction of sp³-hybridized carbons (Fsp3) is 0.0667. The third-order valence-electron chi connectivity index (χ3n) is 2.93. The molecule has 2 aromatic carbocycles. The highest BCUT2D eigenvalue weighted by Gasteiger charge is 2.36. The minimum absolute atomic E-state index is 0.434. The van der Waals surface area contributed by atoms with Gasteiger partial charge in [-0.05, 0) is 48.7 Å². The number of fused-ring (bicyclic) bond motifs is 1. The monoisotopic (exact) mass is 269 g/mol. The summed E-state index contributed by atoms with van der Waals surface area (Å²) in [7, 11) is 0. The maximum Gasteiger partial charge on any atom is 0.309 e. The topological polar surface area (TPSA) is 37.4 Å². The zero-order valence-corrected chi connectivity index (χ0v) is 11.1. The molecule has 0 aliphatic carbocycles. The van der Waals surface area contributed by atoms with Gasteiger partial charge in [0.25, 0.3) is 5.78 Å². The number of Topliss-reactive ketones (excluding diaryl/α,β-unsaturated/α-hetero) is 1. The van der Waals surface area contributed by atoms with Crippen LogP contribution in [0, 0.1) is 6.92 Å². The van der Waals surface area contributed by atoms with Gasteiger partial charge in [0.1, 0.15) is 0 Å². The van der Waals surface area contributed by atoms with Gasteiger partial charge in [-0.25, -0.2) is 4.31 Å². The lowest BCUT2D eigenvalue weighted by atomic mass is 10.1. The van der Waals surface area contributed by atoms with Gasteiger partial charge in [-0.1, -0.05) is 24.3 Å². The minimum Gasteiger partial charge on any atom is -0.283 e. The Morgan fingerprint density at radius 2 is 1.79 bits per heavy atom. The number of rotatable bonds is 2. The van der Waals surface area contributed by atoms with Crippen molar-refractivity contribution in [1.82, 2.24) is 0 Å². The Balaban J connectivity index is 1.98. The van der Waals surface area contributed by atoms with Crippen molar-refractivity contribution in [2.24, 2.45) is 0 Å². The molecule has 0 fully saturated rings. The summed E-state index contributed by atoms with van der Waals surface area (Å²) in [5.41, 5.74) is 2.27. The van der Waals surface area contributed by atoms with E-state index in [1.54, 1.807) is 18.2 Å². The number of anilines is 1. The number of benzene rings is 2. The highest BCUT2D eigenvalue weighted by Crippen LogP contribution is 2.37. The van der Waals surface area contributed by atoms with Crippen molar-refractivity contribution in [3.8, 4) is 0 Å². The maximum atomic E-state index is 12.0. The molecule has 94 valence electrons. The number of carbonyl (C=O) groups excluding carboxylic acids is 2. The third kappa shape index (κ3) is 2.04. The Morgan fingerprint density at radius 3 is 2.58 bits per heavy atom. The van der Waals surface area contributed by atoms with Crippen LogP contribution in [-0.4, -0.2) is 11.7 Å². The first-order chi connectivity index (χ1) is 9.16. The summed E-state index contributed by atoms with van der Waals surface area (Å²) in [5.74, 6) is -0.913. The molecular formula is C15H11NO2S. The van der Waals surface area contributed by atoms with Crippen molar-refractivity contribution in [3.05, 3.63) is 59.7 Å². The quantitative estimate of drug-likeness (QED) is 0.620. The van der Waals surface area contributed by atoms with E-state index in [2.05, 4.69) is 0 Å². The summed E-state index contributed by atoms with van der Waals surface area (Å²) in [6, 6.07) is 14.9. The summed E-state index contributed by atoms with van der Waals surface area (Å²) in [6.45, 7) is 2.00. The molecule has 3 nitrogen and oxygen atoms in total. The molecule has 0 bridgehead atoms. The van der Waals surface area contributed by atoms with Crippen LogP contribution >= 0.6 is 11.9 Å². The number of aryl methyl sites for hydroxylation is 1. The highest BCUT2D eigenvalue weighted by molar-refractivity contribution is 8.01. The summed E-state index contributed by atoms with van der Waals surface area (Å²) in [4.78, 5) is 24.8. The van der Waals surface area contributed by atoms with E-state index in [0.717, 1.165) is 10.5 Å². The van der Waals surface area contributed by atoms with Gasteiger partial charge in [-0.2, -0.15) is 0 Å². The first kappa shape index (κ1) is 12.0. The van der Waals surface area contributed by atoms with Crippen LogP contribution in [0.1, 0.15) is 15.9 Å². The van der Waals surface area contributed by atoms with Crippen molar-refractivity contribution < 1.29 is 9.59 Å². The molecule has 0 saturated heterocycles. The molecule has 0 N–H and O–H groups in total. The number of nitrogens with zero attached hydrogens (tertiary/aromatic N) is 1. The molecule has 0 saturated carbocycles. The van der Waals surface area contributed by atoms with Crippen LogP contribution in [0.2, 0.25) is 0 Å². The number of amides is 1. The van der Waals surface area contributed by atoms with E-state index in [-0.39, 0.29) is 0 Å². The number of para-hydroxylation sites is 1. The molecule has 3 rings (SSSR count). The largest absolute Gasteiger partial charge is 0.309 e. The lowest BCUT2D eigenvalue weighted by Crippen LogP contribution is -2.22. The smallest absolute Gasteiger partial charge is 0.283 e. The fourth-order valence-corrected chi connectivity index (χ4v) is 3.04. The van der Waals surface area contributed by atoms with Gasteiger partial charge < -0.3 is 0 Å². The van der Waals surface area contributed by atoms with Crippen molar-refractivity contribution >= 4 is 29.3 Å². The molecular weight excluding hydrogens is 258 g/mol. The molecule has 0 unspecified atom stereocenters. The van der Waals surface area contributed by atoms with E-state index in [0.29, 0.717) is 11.3 Å². The van der Waals surface area contributed by atoms with Gasteiger partial charge >= 0.3 is 5.91 Å². The second-order valence-corrected chi connectivity index (χ2v) is 5.37. The Labute approximate surface area is 115 Å². The average Bonchev–Trinajstić information content (AvgIpc) is 2.65. The van der Waals surface area contributed by atoms with E-state index < -0.39 is 11.7 Å². The van der Waals surface area contributed by atoms with Gasteiger partial charge in [0.2, 0.25) is 0 Å². The number of carbonyl (C=O) groups is 2. The lowest BCUT2D eigenvalue weighted by Gasteiger charge is -2.14. The Kier molecular flexibility index (Phi) is 2.87. The normalized spacial score (nSPS) is 13.8. The molecule has 19 heavy (non-hydrogen) atoms. The van der Waals surface area contributed by atoms with E-state index >= 15 is 0 Å². The van der Waals surface area contributed by atoms with Crippen molar-refractivity contribution in [1.29, 1.82) is 0 Å². The number of hydrogen-bond donors (Lipinski definition) is 0. The number of ketones is 1. The average molecular weight is 269 g/mol. The lowest BCUT2D eigenvalue weighted by molar-refractivity contribution is -0.113. The van der Waals surface area contributed by atoms with Crippen LogP contribution in [0.25, 0.3) is 0 Å². The molecule has 1 amide bonds. The van der Waals surface area contributed by atoms with E-state index in [1.807, 2.05) is 37.3 Å². The van der Waals surface area contributed by atoms with E-state index in [4.69, 9.17) is 0 Å². The third-order valence-corrected chi connectivity index (χ3v) is 3.94. The Hall–Kier alpha value is -2.07. The van der Waals surface area contributed by atoms with E-state index in [1.165, 1.54) is 16.3 Å². The molecule has 0 spiro atoms. The minimum atomic E-state index is -0.479. The Morgan fingerprint density at radius 1 is 1.00 bits per heavy atom. The first-order valence-electron chi connectivity index (χ1n) is 5.89. The van der Waals surface area contributed by atoms with Crippen LogP contribution < -0.4 is 4.31 Å². The zero-order chi connectivity index (χ0) is 13.4. The van der Waals surface area contributed by atoms with Crippen molar-refractivity contribution in [2.75, 3.05) is 4.31 Å². The van der Waals surface area contributed by atoms with Gasteiger partial charge in [-0.3, -0.25) is 9.59 Å². The highest BCUT2D eigenvalue weighted by atomic mass is 32.2. The summed E-state index contributed by atoms with van der Waals surface area (Å²) >= 11 is 1.28. The zero-order valence-electron chi connectivity index (χ0n) is 10.3. The van der Waals surface area contributed by atoms with Crippen LogP contribution in [-0.2, 0) is 4.79 Å². The van der Waals surface area contributed by atoms with Gasteiger partial charge in [-0.15, -0.1) is 0 Å². The van der Waals surface area contributed by atoms with Gasteiger partial charge in [0.05, 0.1) is 11.3 Å². The van der Waals surface area contributed by atoms with Crippen LogP contribution in [0.5, 0.6) is 0 Å². The van der Waals surface area contributed by atoms with Crippen LogP contribution in [0.3, 0.4) is 0 Å². The predicted octanol–water partition coefficient (Wildman–Crippen LogP) is 3.23. The molecule has 0 aromatic heterocycles. The standard InChI is InChI=1S/C15H11NO2S/c1-10-5-4-6-11(9-10)19-16-13-8-3-2-7-12(13)14(17)15(16)18/h2-9H,1H3. The van der Waals surface area contributed by atoms with Crippen molar-refractivity contribution in [2.45, 2.75) is 11.8 Å².